The lowest BCUT2D eigenvalue weighted by molar-refractivity contribution is 0.415. The number of ether oxygens (including phenoxy) is 1. The number of halogens is 1. The fourth-order valence-corrected chi connectivity index (χ4v) is 2.32. The Bertz CT molecular complexity index is 568. The van der Waals surface area contributed by atoms with E-state index in [-0.39, 0.29) is 6.04 Å². The van der Waals surface area contributed by atoms with Crippen LogP contribution in [0.15, 0.2) is 42.5 Å². The van der Waals surface area contributed by atoms with E-state index in [4.69, 9.17) is 16.3 Å². The van der Waals surface area contributed by atoms with Gasteiger partial charge in [0.2, 0.25) is 0 Å². The maximum Gasteiger partial charge on any atom is 0.138 e. The highest BCUT2D eigenvalue weighted by Crippen LogP contribution is 2.33. The third-order valence-corrected chi connectivity index (χ3v) is 3.63. The van der Waals surface area contributed by atoms with Crippen LogP contribution in [0.5, 0.6) is 5.75 Å². The van der Waals surface area contributed by atoms with E-state index < -0.39 is 0 Å². The third-order valence-electron chi connectivity index (χ3n) is 3.32. The van der Waals surface area contributed by atoms with E-state index in [9.17, 15) is 0 Å². The average molecular weight is 276 g/mol. The molecule has 1 N–H and O–H groups in total. The summed E-state index contributed by atoms with van der Waals surface area (Å²) < 4.78 is 5.29. The summed E-state index contributed by atoms with van der Waals surface area (Å²) in [5.74, 6) is 0.700. The van der Waals surface area contributed by atoms with Crippen molar-refractivity contribution in [3.63, 3.8) is 0 Å². The van der Waals surface area contributed by atoms with Crippen molar-refractivity contribution in [2.24, 2.45) is 0 Å². The van der Waals surface area contributed by atoms with Gasteiger partial charge < -0.3 is 10.1 Å². The first-order valence-corrected chi connectivity index (χ1v) is 6.65. The summed E-state index contributed by atoms with van der Waals surface area (Å²) in [5.41, 5.74) is 3.56. The Morgan fingerprint density at radius 2 is 1.89 bits per heavy atom. The molecule has 0 bridgehead atoms. The van der Waals surface area contributed by atoms with Crippen LogP contribution in [0.3, 0.4) is 0 Å². The summed E-state index contributed by atoms with van der Waals surface area (Å²) in [6.07, 6.45) is 0. The summed E-state index contributed by atoms with van der Waals surface area (Å²) in [4.78, 5) is 0. The van der Waals surface area contributed by atoms with Crippen LogP contribution in [0.1, 0.15) is 18.5 Å². The van der Waals surface area contributed by atoms with Crippen LogP contribution in [-0.4, -0.2) is 14.2 Å². The molecule has 0 aromatic heterocycles. The van der Waals surface area contributed by atoms with Gasteiger partial charge in [-0.25, -0.2) is 0 Å². The molecule has 0 amide bonds. The van der Waals surface area contributed by atoms with Gasteiger partial charge in [0, 0.05) is 6.04 Å². The molecule has 2 nitrogen and oxygen atoms in total. The minimum atomic E-state index is 0.290. The van der Waals surface area contributed by atoms with Crippen molar-refractivity contribution in [1.82, 2.24) is 5.32 Å². The van der Waals surface area contributed by atoms with E-state index in [2.05, 4.69) is 30.4 Å². The predicted octanol–water partition coefficient (Wildman–Crippen LogP) is 4.30. The van der Waals surface area contributed by atoms with E-state index in [1.54, 1.807) is 7.11 Å². The van der Waals surface area contributed by atoms with Gasteiger partial charge in [0.25, 0.3) is 0 Å². The topological polar surface area (TPSA) is 21.3 Å². The molecule has 19 heavy (non-hydrogen) atoms. The van der Waals surface area contributed by atoms with Gasteiger partial charge in [-0.1, -0.05) is 41.9 Å². The van der Waals surface area contributed by atoms with E-state index in [1.165, 1.54) is 11.1 Å². The number of hydrogen-bond acceptors (Lipinski definition) is 2. The van der Waals surface area contributed by atoms with Crippen molar-refractivity contribution in [2.45, 2.75) is 13.0 Å². The quantitative estimate of drug-likeness (QED) is 0.898. The summed E-state index contributed by atoms with van der Waals surface area (Å²) in [5, 5.41) is 3.90. The van der Waals surface area contributed by atoms with Crippen LogP contribution in [0.2, 0.25) is 5.02 Å². The Labute approximate surface area is 119 Å². The monoisotopic (exact) mass is 275 g/mol. The van der Waals surface area contributed by atoms with Crippen LogP contribution < -0.4 is 10.1 Å². The molecular weight excluding hydrogens is 258 g/mol. The first-order valence-electron chi connectivity index (χ1n) is 6.27. The molecule has 3 heteroatoms. The highest BCUT2D eigenvalue weighted by atomic mass is 35.5. The molecule has 0 aliphatic rings. The molecule has 1 atom stereocenters. The maximum absolute atomic E-state index is 6.08. The summed E-state index contributed by atoms with van der Waals surface area (Å²) in [6, 6.07) is 14.5. The number of nitrogens with one attached hydrogen (secondary N) is 1. The lowest BCUT2D eigenvalue weighted by Crippen LogP contribution is -2.13. The largest absolute Gasteiger partial charge is 0.495 e. The molecule has 0 aliphatic carbocycles. The molecule has 0 saturated heterocycles. The van der Waals surface area contributed by atoms with Crippen molar-refractivity contribution in [1.29, 1.82) is 0 Å². The van der Waals surface area contributed by atoms with E-state index in [0.29, 0.717) is 10.8 Å². The molecule has 0 fully saturated rings. The van der Waals surface area contributed by atoms with Crippen molar-refractivity contribution in [2.75, 3.05) is 14.2 Å². The van der Waals surface area contributed by atoms with Gasteiger partial charge in [-0.3, -0.25) is 0 Å². The van der Waals surface area contributed by atoms with Crippen LogP contribution in [0.4, 0.5) is 0 Å². The summed E-state index contributed by atoms with van der Waals surface area (Å²) in [6.45, 7) is 2.14. The molecule has 2 rings (SSSR count). The van der Waals surface area contributed by atoms with Gasteiger partial charge in [0.1, 0.15) is 5.75 Å². The van der Waals surface area contributed by atoms with Gasteiger partial charge in [0.05, 0.1) is 12.1 Å². The van der Waals surface area contributed by atoms with Gasteiger partial charge in [-0.2, -0.15) is 0 Å². The predicted molar refractivity (Wildman–Crippen MR) is 80.9 cm³/mol. The molecule has 0 heterocycles. The summed E-state index contributed by atoms with van der Waals surface area (Å²) in [7, 11) is 3.59. The van der Waals surface area contributed by atoms with E-state index >= 15 is 0 Å². The molecular formula is C16H18ClNO. The van der Waals surface area contributed by atoms with Gasteiger partial charge >= 0.3 is 0 Å². The number of methoxy groups -OCH3 is 1. The Morgan fingerprint density at radius 1 is 1.16 bits per heavy atom. The van der Waals surface area contributed by atoms with Gasteiger partial charge in [-0.15, -0.1) is 0 Å². The SMILES string of the molecule is CNC(C)c1ccccc1-c1ccc(Cl)c(OC)c1. The van der Waals surface area contributed by atoms with Crippen molar-refractivity contribution >= 4 is 11.6 Å². The molecule has 0 spiro atoms. The summed E-state index contributed by atoms with van der Waals surface area (Å²) >= 11 is 6.08. The van der Waals surface area contributed by atoms with Crippen LogP contribution in [0.25, 0.3) is 11.1 Å². The van der Waals surface area contributed by atoms with Gasteiger partial charge in [-0.05, 0) is 42.8 Å². The molecule has 0 saturated carbocycles. The Hall–Kier alpha value is -1.51. The fourth-order valence-electron chi connectivity index (χ4n) is 2.12. The molecule has 0 radical (unpaired) electrons. The normalized spacial score (nSPS) is 12.2. The Morgan fingerprint density at radius 3 is 2.58 bits per heavy atom. The second-order valence-corrected chi connectivity index (χ2v) is 4.85. The number of benzene rings is 2. The zero-order valence-electron chi connectivity index (χ0n) is 11.4. The molecule has 0 aliphatic heterocycles. The fraction of sp³-hybridized carbons (Fsp3) is 0.250. The second kappa shape index (κ2) is 6.09. The minimum absolute atomic E-state index is 0.290. The molecule has 100 valence electrons. The molecule has 1 unspecified atom stereocenters. The first-order chi connectivity index (χ1) is 9.17. The Balaban J connectivity index is 2.52. The van der Waals surface area contributed by atoms with Crippen molar-refractivity contribution < 1.29 is 4.74 Å². The third kappa shape index (κ3) is 2.91. The zero-order chi connectivity index (χ0) is 13.8. The lowest BCUT2D eigenvalue weighted by Gasteiger charge is -2.16. The van der Waals surface area contributed by atoms with Gasteiger partial charge in [0.15, 0.2) is 0 Å². The van der Waals surface area contributed by atoms with E-state index in [0.717, 1.165) is 5.56 Å². The lowest BCUT2D eigenvalue weighted by atomic mass is 9.95. The van der Waals surface area contributed by atoms with Crippen molar-refractivity contribution in [3.8, 4) is 16.9 Å². The highest BCUT2D eigenvalue weighted by Gasteiger charge is 2.11. The Kier molecular flexibility index (Phi) is 4.46. The van der Waals surface area contributed by atoms with Crippen molar-refractivity contribution in [3.05, 3.63) is 53.1 Å². The smallest absolute Gasteiger partial charge is 0.138 e. The average Bonchev–Trinajstić information content (AvgIpc) is 2.47. The maximum atomic E-state index is 6.08. The number of rotatable bonds is 4. The highest BCUT2D eigenvalue weighted by molar-refractivity contribution is 6.32. The number of hydrogen-bond donors (Lipinski definition) is 1. The van der Waals surface area contributed by atoms with Crippen LogP contribution >= 0.6 is 11.6 Å². The zero-order valence-corrected chi connectivity index (χ0v) is 12.2. The van der Waals surface area contributed by atoms with Crippen LogP contribution in [0, 0.1) is 0 Å². The second-order valence-electron chi connectivity index (χ2n) is 4.45. The van der Waals surface area contributed by atoms with E-state index in [1.807, 2.05) is 31.3 Å². The molecule has 2 aromatic carbocycles. The van der Waals surface area contributed by atoms with Crippen LogP contribution in [-0.2, 0) is 0 Å². The first kappa shape index (κ1) is 13.9. The standard InChI is InChI=1S/C16H18ClNO/c1-11(18-2)13-6-4-5-7-14(13)12-8-9-15(17)16(10-12)19-3/h4-11,18H,1-3H3. The minimum Gasteiger partial charge on any atom is -0.495 e. The molecule has 2 aromatic rings.